The molecule has 0 amide bonds. The minimum absolute atomic E-state index is 0.161. The van der Waals surface area contributed by atoms with Crippen LogP contribution in [0, 0.1) is 5.82 Å². The molecule has 1 saturated heterocycles. The van der Waals surface area contributed by atoms with Crippen molar-refractivity contribution in [3.05, 3.63) is 65.4 Å². The Kier molecular flexibility index (Phi) is 3.04. The first-order chi connectivity index (χ1) is 11.7. The Bertz CT molecular complexity index is 930. The maximum absolute atomic E-state index is 13.7. The number of aryl methyl sites for hydroxylation is 1. The lowest BCUT2D eigenvalue weighted by atomic mass is 9.97. The predicted molar refractivity (Wildman–Crippen MR) is 92.1 cm³/mol. The highest BCUT2D eigenvalue weighted by molar-refractivity contribution is 5.84. The van der Waals surface area contributed by atoms with E-state index in [0.29, 0.717) is 12.1 Å². The molecular formula is C20H20FN3. The number of hydrogen-bond acceptors (Lipinski definition) is 2. The number of halogens is 1. The van der Waals surface area contributed by atoms with Gasteiger partial charge in [-0.05, 0) is 48.2 Å². The smallest absolute Gasteiger partial charge is 0.123 e. The summed E-state index contributed by atoms with van der Waals surface area (Å²) < 4.78 is 15.8. The van der Waals surface area contributed by atoms with Crippen LogP contribution in [0.4, 0.5) is 4.39 Å². The van der Waals surface area contributed by atoms with Gasteiger partial charge >= 0.3 is 0 Å². The lowest BCUT2D eigenvalue weighted by molar-refractivity contribution is 0.167. The molecule has 1 aromatic carbocycles. The minimum atomic E-state index is -0.161. The standard InChI is InChI=1S/C20H20FN3/c1-23-11-13(17-9-14(21)4-6-19(17)23)12-24-15-5-7-20(24)16-3-2-8-22-18(16)10-15/h2-4,6,8-9,11,15,20H,5,7,10,12H2,1H3. The Balaban J connectivity index is 1.54. The van der Waals surface area contributed by atoms with Crippen LogP contribution in [-0.4, -0.2) is 20.5 Å². The molecule has 2 unspecified atom stereocenters. The SMILES string of the molecule is Cn1cc(CN2C3CCC2c2cccnc2C3)c2cc(F)ccc21. The second kappa shape index (κ2) is 5.15. The summed E-state index contributed by atoms with van der Waals surface area (Å²) in [4.78, 5) is 7.19. The second-order valence-corrected chi connectivity index (χ2v) is 7.09. The number of fused-ring (bicyclic) bond motifs is 5. The third-order valence-electron chi connectivity index (χ3n) is 5.74. The fourth-order valence-corrected chi connectivity index (χ4v) is 4.65. The molecule has 4 heterocycles. The molecule has 3 aromatic rings. The summed E-state index contributed by atoms with van der Waals surface area (Å²) in [6, 6.07) is 10.4. The maximum Gasteiger partial charge on any atom is 0.123 e. The zero-order valence-corrected chi connectivity index (χ0v) is 13.7. The first-order valence-electron chi connectivity index (χ1n) is 8.64. The number of pyridine rings is 1. The third kappa shape index (κ3) is 2.02. The molecule has 0 N–H and O–H groups in total. The highest BCUT2D eigenvalue weighted by Gasteiger charge is 2.40. The lowest BCUT2D eigenvalue weighted by Gasteiger charge is -2.35. The van der Waals surface area contributed by atoms with Crippen LogP contribution in [0.5, 0.6) is 0 Å². The normalized spacial score (nSPS) is 22.9. The first kappa shape index (κ1) is 14.2. The Morgan fingerprint density at radius 2 is 2.17 bits per heavy atom. The highest BCUT2D eigenvalue weighted by atomic mass is 19.1. The average molecular weight is 321 g/mol. The summed E-state index contributed by atoms with van der Waals surface area (Å²) in [5.41, 5.74) is 4.97. The van der Waals surface area contributed by atoms with Gasteiger partial charge in [0, 0.05) is 61.1 Å². The molecule has 2 aromatic heterocycles. The van der Waals surface area contributed by atoms with Gasteiger partial charge in [-0.1, -0.05) is 6.07 Å². The van der Waals surface area contributed by atoms with Crippen molar-refractivity contribution in [3.63, 3.8) is 0 Å². The summed E-state index contributed by atoms with van der Waals surface area (Å²) in [6.07, 6.45) is 7.51. The average Bonchev–Trinajstić information content (AvgIpc) is 3.03. The predicted octanol–water partition coefficient (Wildman–Crippen LogP) is 3.97. The van der Waals surface area contributed by atoms with Crippen LogP contribution in [-0.2, 0) is 20.0 Å². The zero-order valence-electron chi connectivity index (χ0n) is 13.7. The van der Waals surface area contributed by atoms with Crippen LogP contribution in [0.1, 0.15) is 35.7 Å². The van der Waals surface area contributed by atoms with Gasteiger partial charge in [-0.3, -0.25) is 9.88 Å². The molecule has 2 aliphatic rings. The molecular weight excluding hydrogens is 301 g/mol. The van der Waals surface area contributed by atoms with E-state index in [1.54, 1.807) is 12.1 Å². The van der Waals surface area contributed by atoms with Crippen LogP contribution in [0.2, 0.25) is 0 Å². The van der Waals surface area contributed by atoms with Crippen molar-refractivity contribution in [1.29, 1.82) is 0 Å². The van der Waals surface area contributed by atoms with Crippen molar-refractivity contribution >= 4 is 10.9 Å². The van der Waals surface area contributed by atoms with Crippen LogP contribution < -0.4 is 0 Å². The van der Waals surface area contributed by atoms with Crippen molar-refractivity contribution in [2.24, 2.45) is 7.05 Å². The molecule has 3 nitrogen and oxygen atoms in total. The molecule has 24 heavy (non-hydrogen) atoms. The van der Waals surface area contributed by atoms with Crippen LogP contribution >= 0.6 is 0 Å². The number of benzene rings is 1. The molecule has 0 saturated carbocycles. The quantitative estimate of drug-likeness (QED) is 0.712. The second-order valence-electron chi connectivity index (χ2n) is 7.09. The fraction of sp³-hybridized carbons (Fsp3) is 0.350. The highest BCUT2D eigenvalue weighted by Crippen LogP contribution is 2.44. The van der Waals surface area contributed by atoms with E-state index in [0.717, 1.165) is 23.9 Å². The lowest BCUT2D eigenvalue weighted by Crippen LogP contribution is -2.37. The van der Waals surface area contributed by atoms with E-state index >= 15 is 0 Å². The van der Waals surface area contributed by atoms with Gasteiger partial charge in [0.1, 0.15) is 5.82 Å². The monoisotopic (exact) mass is 321 g/mol. The number of nitrogens with zero attached hydrogens (tertiary/aromatic N) is 3. The van der Waals surface area contributed by atoms with E-state index in [2.05, 4.69) is 26.7 Å². The number of aromatic nitrogens is 2. The molecule has 2 bridgehead atoms. The van der Waals surface area contributed by atoms with Crippen LogP contribution in [0.3, 0.4) is 0 Å². The minimum Gasteiger partial charge on any atom is -0.350 e. The molecule has 0 aliphatic carbocycles. The summed E-state index contributed by atoms with van der Waals surface area (Å²) in [6.45, 7) is 0.879. The largest absolute Gasteiger partial charge is 0.350 e. The third-order valence-corrected chi connectivity index (χ3v) is 5.74. The molecule has 1 fully saturated rings. The van der Waals surface area contributed by atoms with Crippen LogP contribution in [0.25, 0.3) is 10.9 Å². The van der Waals surface area contributed by atoms with Gasteiger partial charge in [0.05, 0.1) is 0 Å². The van der Waals surface area contributed by atoms with E-state index in [1.807, 2.05) is 25.4 Å². The Labute approximate surface area is 140 Å². The van der Waals surface area contributed by atoms with Crippen molar-refractivity contribution in [1.82, 2.24) is 14.5 Å². The Morgan fingerprint density at radius 3 is 3.08 bits per heavy atom. The summed E-state index contributed by atoms with van der Waals surface area (Å²) in [5, 5.41) is 1.04. The van der Waals surface area contributed by atoms with E-state index in [9.17, 15) is 4.39 Å². The first-order valence-corrected chi connectivity index (χ1v) is 8.64. The van der Waals surface area contributed by atoms with Crippen molar-refractivity contribution in [2.75, 3.05) is 0 Å². The molecule has 2 aliphatic heterocycles. The van der Waals surface area contributed by atoms with Gasteiger partial charge in [-0.15, -0.1) is 0 Å². The topological polar surface area (TPSA) is 21.1 Å². The molecule has 0 radical (unpaired) electrons. The summed E-state index contributed by atoms with van der Waals surface area (Å²) >= 11 is 0. The van der Waals surface area contributed by atoms with Gasteiger partial charge in [0.2, 0.25) is 0 Å². The van der Waals surface area contributed by atoms with E-state index in [4.69, 9.17) is 0 Å². The molecule has 2 atom stereocenters. The fourth-order valence-electron chi connectivity index (χ4n) is 4.65. The number of hydrogen-bond donors (Lipinski definition) is 0. The van der Waals surface area contributed by atoms with E-state index < -0.39 is 0 Å². The van der Waals surface area contributed by atoms with Crippen LogP contribution in [0.15, 0.2) is 42.7 Å². The Morgan fingerprint density at radius 1 is 1.25 bits per heavy atom. The van der Waals surface area contributed by atoms with Crippen molar-refractivity contribution in [2.45, 2.75) is 37.9 Å². The van der Waals surface area contributed by atoms with E-state index in [-0.39, 0.29) is 5.82 Å². The molecule has 5 rings (SSSR count). The molecule has 4 heteroatoms. The zero-order chi connectivity index (χ0) is 16.3. The van der Waals surface area contributed by atoms with Gasteiger partial charge in [0.15, 0.2) is 0 Å². The summed E-state index contributed by atoms with van der Waals surface area (Å²) in [5.74, 6) is -0.161. The van der Waals surface area contributed by atoms with Crippen molar-refractivity contribution < 1.29 is 4.39 Å². The maximum atomic E-state index is 13.7. The van der Waals surface area contributed by atoms with Gasteiger partial charge in [-0.25, -0.2) is 4.39 Å². The Hall–Kier alpha value is -2.20. The summed E-state index contributed by atoms with van der Waals surface area (Å²) in [7, 11) is 2.04. The van der Waals surface area contributed by atoms with Crippen molar-refractivity contribution in [3.8, 4) is 0 Å². The molecule has 122 valence electrons. The van der Waals surface area contributed by atoms with E-state index in [1.165, 1.54) is 29.7 Å². The van der Waals surface area contributed by atoms with Gasteiger partial charge < -0.3 is 4.57 Å². The van der Waals surface area contributed by atoms with Gasteiger partial charge in [-0.2, -0.15) is 0 Å². The molecule has 0 spiro atoms. The van der Waals surface area contributed by atoms with Gasteiger partial charge in [0.25, 0.3) is 0 Å². The number of rotatable bonds is 2.